The minimum absolute atomic E-state index is 0.0137. The summed E-state index contributed by atoms with van der Waals surface area (Å²) in [7, 11) is 0. The van der Waals surface area contributed by atoms with Crippen LogP contribution < -0.4 is 0 Å². The molecule has 0 saturated heterocycles. The Hall–Kier alpha value is -1.64. The summed E-state index contributed by atoms with van der Waals surface area (Å²) in [6, 6.07) is 7.81. The Kier molecular flexibility index (Phi) is 5.33. The maximum Gasteiger partial charge on any atom is 0.306 e. The van der Waals surface area contributed by atoms with Gasteiger partial charge in [0.1, 0.15) is 0 Å². The Bertz CT molecular complexity index is 458. The summed E-state index contributed by atoms with van der Waals surface area (Å²) in [5.74, 6) is 0.439. The first-order chi connectivity index (χ1) is 9.70. The quantitative estimate of drug-likeness (QED) is 0.410. The van der Waals surface area contributed by atoms with Crippen LogP contribution in [0.3, 0.4) is 0 Å². The molecule has 1 saturated carbocycles. The first kappa shape index (κ1) is 14.8. The minimum atomic E-state index is -0.276. The van der Waals surface area contributed by atoms with Crippen molar-refractivity contribution in [3.63, 3.8) is 0 Å². The number of carbonyl (C=O) groups is 2. The van der Waals surface area contributed by atoms with Gasteiger partial charge in [-0.3, -0.25) is 9.59 Å². The van der Waals surface area contributed by atoms with Crippen molar-refractivity contribution in [2.24, 2.45) is 0 Å². The van der Waals surface area contributed by atoms with E-state index in [9.17, 15) is 9.59 Å². The molecule has 108 valence electrons. The lowest BCUT2D eigenvalue weighted by Crippen LogP contribution is -2.09. The fourth-order valence-corrected chi connectivity index (χ4v) is 2.12. The van der Waals surface area contributed by atoms with Gasteiger partial charge in [-0.25, -0.2) is 0 Å². The number of Topliss-reactive ketones (excluding diaryl/α,β-unsaturated/α-hetero) is 1. The topological polar surface area (TPSA) is 43.4 Å². The van der Waals surface area contributed by atoms with E-state index >= 15 is 0 Å². The molecule has 0 bridgehead atoms. The van der Waals surface area contributed by atoms with Gasteiger partial charge in [-0.05, 0) is 30.7 Å². The Morgan fingerprint density at radius 1 is 1.15 bits per heavy atom. The van der Waals surface area contributed by atoms with Crippen molar-refractivity contribution >= 4 is 11.8 Å². The molecule has 0 amide bonds. The van der Waals surface area contributed by atoms with Crippen LogP contribution >= 0.6 is 0 Å². The predicted octanol–water partition coefficient (Wildman–Crippen LogP) is 3.87. The van der Waals surface area contributed by atoms with Crippen LogP contribution in [-0.4, -0.2) is 18.4 Å². The highest BCUT2D eigenvalue weighted by atomic mass is 16.5. The zero-order valence-corrected chi connectivity index (χ0v) is 12.1. The van der Waals surface area contributed by atoms with Crippen LogP contribution in [0.4, 0.5) is 0 Å². The van der Waals surface area contributed by atoms with Gasteiger partial charge in [0.2, 0.25) is 0 Å². The normalized spacial score (nSPS) is 14.1. The van der Waals surface area contributed by atoms with Crippen LogP contribution in [0.1, 0.15) is 67.3 Å². The Labute approximate surface area is 120 Å². The lowest BCUT2D eigenvalue weighted by molar-refractivity contribution is -0.143. The molecular weight excluding hydrogens is 252 g/mol. The SMILES string of the molecule is CCCCOC(=O)CCC(=O)c1ccc(C2CC2)cc1. The number of hydrogen-bond donors (Lipinski definition) is 0. The van der Waals surface area contributed by atoms with E-state index in [0.717, 1.165) is 12.8 Å². The average Bonchev–Trinajstić information content (AvgIpc) is 3.30. The molecule has 0 heterocycles. The number of benzene rings is 1. The zero-order valence-electron chi connectivity index (χ0n) is 12.1. The molecule has 2 rings (SSSR count). The Morgan fingerprint density at radius 2 is 1.85 bits per heavy atom. The molecule has 1 aromatic carbocycles. The number of rotatable bonds is 8. The number of hydrogen-bond acceptors (Lipinski definition) is 3. The van der Waals surface area contributed by atoms with Gasteiger partial charge in [-0.1, -0.05) is 37.6 Å². The van der Waals surface area contributed by atoms with Gasteiger partial charge >= 0.3 is 5.97 Å². The summed E-state index contributed by atoms with van der Waals surface area (Å²) in [5.41, 5.74) is 2.01. The monoisotopic (exact) mass is 274 g/mol. The lowest BCUT2D eigenvalue weighted by atomic mass is 10.0. The van der Waals surface area contributed by atoms with Crippen LogP contribution in [-0.2, 0) is 9.53 Å². The molecule has 0 aromatic heterocycles. The molecule has 0 N–H and O–H groups in total. The van der Waals surface area contributed by atoms with E-state index in [-0.39, 0.29) is 24.6 Å². The Morgan fingerprint density at radius 3 is 2.45 bits per heavy atom. The van der Waals surface area contributed by atoms with Gasteiger partial charge in [-0.15, -0.1) is 0 Å². The Balaban J connectivity index is 1.74. The average molecular weight is 274 g/mol. The summed E-state index contributed by atoms with van der Waals surface area (Å²) < 4.78 is 5.04. The highest BCUT2D eigenvalue weighted by Gasteiger charge is 2.23. The van der Waals surface area contributed by atoms with Gasteiger partial charge < -0.3 is 4.74 Å². The van der Waals surface area contributed by atoms with Gasteiger partial charge in [-0.2, -0.15) is 0 Å². The number of unbranched alkanes of at least 4 members (excludes halogenated alkanes) is 1. The summed E-state index contributed by atoms with van der Waals surface area (Å²) >= 11 is 0. The van der Waals surface area contributed by atoms with E-state index in [1.807, 2.05) is 31.2 Å². The standard InChI is InChI=1S/C17H22O3/c1-2-3-12-20-17(19)11-10-16(18)15-8-6-14(7-9-15)13-4-5-13/h6-9,13H,2-5,10-12H2,1H3. The second-order valence-corrected chi connectivity index (χ2v) is 5.39. The lowest BCUT2D eigenvalue weighted by Gasteiger charge is -2.04. The summed E-state index contributed by atoms with van der Waals surface area (Å²) in [6.07, 6.45) is 4.80. The summed E-state index contributed by atoms with van der Waals surface area (Å²) in [6.45, 7) is 2.50. The molecule has 0 radical (unpaired) electrons. The second-order valence-electron chi connectivity index (χ2n) is 5.39. The molecule has 1 aliphatic carbocycles. The first-order valence-electron chi connectivity index (χ1n) is 7.49. The van der Waals surface area contributed by atoms with Crippen LogP contribution in [0.25, 0.3) is 0 Å². The van der Waals surface area contributed by atoms with Crippen LogP contribution in [0.15, 0.2) is 24.3 Å². The number of carbonyl (C=O) groups excluding carboxylic acids is 2. The van der Waals surface area contributed by atoms with E-state index in [4.69, 9.17) is 4.74 Å². The van der Waals surface area contributed by atoms with Gasteiger partial charge in [0, 0.05) is 12.0 Å². The summed E-state index contributed by atoms with van der Waals surface area (Å²) in [5, 5.41) is 0. The summed E-state index contributed by atoms with van der Waals surface area (Å²) in [4.78, 5) is 23.4. The largest absolute Gasteiger partial charge is 0.466 e. The molecule has 0 atom stereocenters. The highest BCUT2D eigenvalue weighted by molar-refractivity contribution is 5.97. The van der Waals surface area contributed by atoms with Gasteiger partial charge in [0.25, 0.3) is 0 Å². The van der Waals surface area contributed by atoms with Crippen molar-refractivity contribution in [1.82, 2.24) is 0 Å². The molecule has 0 aliphatic heterocycles. The van der Waals surface area contributed by atoms with E-state index in [1.54, 1.807) is 0 Å². The van der Waals surface area contributed by atoms with Gasteiger partial charge in [0.05, 0.1) is 13.0 Å². The van der Waals surface area contributed by atoms with Crippen molar-refractivity contribution < 1.29 is 14.3 Å². The van der Waals surface area contributed by atoms with E-state index in [0.29, 0.717) is 18.1 Å². The van der Waals surface area contributed by atoms with Crippen molar-refractivity contribution in [2.45, 2.75) is 51.4 Å². The fourth-order valence-electron chi connectivity index (χ4n) is 2.12. The molecule has 20 heavy (non-hydrogen) atoms. The van der Waals surface area contributed by atoms with E-state index in [1.165, 1.54) is 18.4 Å². The molecule has 1 fully saturated rings. The third kappa shape index (κ3) is 4.48. The third-order valence-corrected chi connectivity index (χ3v) is 3.60. The maximum absolute atomic E-state index is 12.0. The van der Waals surface area contributed by atoms with E-state index in [2.05, 4.69) is 0 Å². The smallest absolute Gasteiger partial charge is 0.306 e. The maximum atomic E-state index is 12.0. The van der Waals surface area contributed by atoms with Crippen LogP contribution in [0.5, 0.6) is 0 Å². The minimum Gasteiger partial charge on any atom is -0.466 e. The molecule has 1 aromatic rings. The molecule has 1 aliphatic rings. The number of esters is 1. The van der Waals surface area contributed by atoms with Crippen LogP contribution in [0, 0.1) is 0 Å². The number of ketones is 1. The predicted molar refractivity (Wildman–Crippen MR) is 77.8 cm³/mol. The second kappa shape index (κ2) is 7.22. The van der Waals surface area contributed by atoms with Crippen molar-refractivity contribution in [3.05, 3.63) is 35.4 Å². The molecular formula is C17H22O3. The molecule has 0 unspecified atom stereocenters. The van der Waals surface area contributed by atoms with Crippen molar-refractivity contribution in [3.8, 4) is 0 Å². The number of ether oxygens (including phenoxy) is 1. The molecule has 3 nitrogen and oxygen atoms in total. The first-order valence-corrected chi connectivity index (χ1v) is 7.49. The molecule has 0 spiro atoms. The van der Waals surface area contributed by atoms with Crippen molar-refractivity contribution in [2.75, 3.05) is 6.61 Å². The van der Waals surface area contributed by atoms with Crippen LogP contribution in [0.2, 0.25) is 0 Å². The molecule has 3 heteroatoms. The van der Waals surface area contributed by atoms with Gasteiger partial charge in [0.15, 0.2) is 5.78 Å². The van der Waals surface area contributed by atoms with E-state index < -0.39 is 0 Å². The zero-order chi connectivity index (χ0) is 14.4. The third-order valence-electron chi connectivity index (χ3n) is 3.60. The van der Waals surface area contributed by atoms with Crippen molar-refractivity contribution in [1.29, 1.82) is 0 Å². The fraction of sp³-hybridized carbons (Fsp3) is 0.529. The highest BCUT2D eigenvalue weighted by Crippen LogP contribution is 2.39.